The third-order valence-corrected chi connectivity index (χ3v) is 5.94. The Labute approximate surface area is 128 Å². The van der Waals surface area contributed by atoms with Crippen molar-refractivity contribution in [1.82, 2.24) is 4.90 Å². The number of amides is 1. The van der Waals surface area contributed by atoms with E-state index in [4.69, 9.17) is 0 Å². The first-order chi connectivity index (χ1) is 9.98. The van der Waals surface area contributed by atoms with Gasteiger partial charge < -0.3 is 4.90 Å². The number of fused-ring (bicyclic) bond motifs is 2. The zero-order chi connectivity index (χ0) is 15.3. The first-order valence-corrected chi connectivity index (χ1v) is 8.38. The highest BCUT2D eigenvalue weighted by atomic mass is 16.2. The summed E-state index contributed by atoms with van der Waals surface area (Å²) in [6, 6.07) is 6.84. The molecule has 2 aliphatic carbocycles. The van der Waals surface area contributed by atoms with Crippen LogP contribution in [0.5, 0.6) is 0 Å². The molecule has 21 heavy (non-hydrogen) atoms. The summed E-state index contributed by atoms with van der Waals surface area (Å²) in [5.41, 5.74) is 4.20. The van der Waals surface area contributed by atoms with E-state index in [-0.39, 0.29) is 10.8 Å². The molecule has 0 N–H and O–H groups in total. The maximum Gasteiger partial charge on any atom is 0.229 e. The maximum absolute atomic E-state index is 13.0. The molecular weight excluding hydrogens is 258 g/mol. The average Bonchev–Trinajstić information content (AvgIpc) is 3.08. The highest BCUT2D eigenvalue weighted by Crippen LogP contribution is 2.69. The number of nitrogens with zero attached hydrogens (tertiary/aromatic N) is 1. The Kier molecular flexibility index (Phi) is 3.38. The minimum atomic E-state index is -0.179. The summed E-state index contributed by atoms with van der Waals surface area (Å²) >= 11 is 0. The molecule has 0 saturated heterocycles. The van der Waals surface area contributed by atoms with Gasteiger partial charge in [-0.1, -0.05) is 23.8 Å². The zero-order valence-corrected chi connectivity index (χ0v) is 13.8. The molecule has 1 saturated carbocycles. The molecular formula is C19H27NO. The largest absolute Gasteiger partial charge is 0.343 e. The summed E-state index contributed by atoms with van der Waals surface area (Å²) in [4.78, 5) is 15.0. The Balaban J connectivity index is 1.99. The minimum absolute atomic E-state index is 0.117. The van der Waals surface area contributed by atoms with Crippen LogP contribution in [0.2, 0.25) is 0 Å². The van der Waals surface area contributed by atoms with Crippen molar-refractivity contribution in [2.24, 2.45) is 5.41 Å². The van der Waals surface area contributed by atoms with Crippen molar-refractivity contribution in [2.45, 2.75) is 58.8 Å². The molecule has 0 aromatic heterocycles. The Morgan fingerprint density at radius 3 is 2.67 bits per heavy atom. The third kappa shape index (κ3) is 1.95. The van der Waals surface area contributed by atoms with Gasteiger partial charge in [-0.15, -0.1) is 0 Å². The van der Waals surface area contributed by atoms with Crippen LogP contribution >= 0.6 is 0 Å². The second-order valence-electron chi connectivity index (χ2n) is 7.08. The van der Waals surface area contributed by atoms with Crippen LogP contribution in [-0.4, -0.2) is 23.9 Å². The molecule has 114 valence electrons. The fourth-order valence-corrected chi connectivity index (χ4v) is 4.53. The standard InChI is InChI=1S/C19H27NO/c1-5-20(6-2)17(21)18(4)13-19(18)11-7-8-15-10-9-14(3)12-16(15)19/h9-10,12H,5-8,11,13H2,1-4H3. The van der Waals surface area contributed by atoms with Gasteiger partial charge in [0, 0.05) is 18.5 Å². The van der Waals surface area contributed by atoms with Crippen LogP contribution in [-0.2, 0) is 16.6 Å². The molecule has 2 heteroatoms. The molecule has 0 aliphatic heterocycles. The van der Waals surface area contributed by atoms with Crippen LogP contribution in [0.3, 0.4) is 0 Å². The van der Waals surface area contributed by atoms with Crippen LogP contribution in [0.15, 0.2) is 18.2 Å². The molecule has 1 spiro atoms. The molecule has 1 aromatic carbocycles. The molecule has 2 unspecified atom stereocenters. The second kappa shape index (κ2) is 4.86. The molecule has 0 radical (unpaired) electrons. The highest BCUT2D eigenvalue weighted by Gasteiger charge is 2.70. The van der Waals surface area contributed by atoms with Crippen molar-refractivity contribution < 1.29 is 4.79 Å². The normalized spacial score (nSPS) is 30.1. The zero-order valence-electron chi connectivity index (χ0n) is 13.8. The van der Waals surface area contributed by atoms with Gasteiger partial charge >= 0.3 is 0 Å². The van der Waals surface area contributed by atoms with Crippen LogP contribution in [0, 0.1) is 12.3 Å². The summed E-state index contributed by atoms with van der Waals surface area (Å²) in [6.07, 6.45) is 4.60. The molecule has 0 bridgehead atoms. The lowest BCUT2D eigenvalue weighted by Crippen LogP contribution is -2.40. The molecule has 0 heterocycles. The maximum atomic E-state index is 13.0. The number of benzene rings is 1. The first-order valence-electron chi connectivity index (χ1n) is 8.38. The Bertz CT molecular complexity index is 575. The third-order valence-electron chi connectivity index (χ3n) is 5.94. The van der Waals surface area contributed by atoms with Crippen molar-refractivity contribution >= 4 is 5.91 Å². The Morgan fingerprint density at radius 2 is 2.00 bits per heavy atom. The average molecular weight is 285 g/mol. The van der Waals surface area contributed by atoms with Crippen molar-refractivity contribution in [3.63, 3.8) is 0 Å². The van der Waals surface area contributed by atoms with E-state index in [0.717, 1.165) is 19.5 Å². The minimum Gasteiger partial charge on any atom is -0.343 e. The summed E-state index contributed by atoms with van der Waals surface area (Å²) < 4.78 is 0. The summed E-state index contributed by atoms with van der Waals surface area (Å²) in [5, 5.41) is 0. The number of carbonyl (C=O) groups is 1. The molecule has 1 amide bonds. The Morgan fingerprint density at radius 1 is 1.29 bits per heavy atom. The predicted molar refractivity (Wildman–Crippen MR) is 86.4 cm³/mol. The van der Waals surface area contributed by atoms with Gasteiger partial charge in [0.2, 0.25) is 5.91 Å². The van der Waals surface area contributed by atoms with Gasteiger partial charge in [0.1, 0.15) is 0 Å². The lowest BCUT2D eigenvalue weighted by atomic mass is 9.74. The molecule has 2 atom stereocenters. The van der Waals surface area contributed by atoms with E-state index < -0.39 is 0 Å². The van der Waals surface area contributed by atoms with Gasteiger partial charge in [0.15, 0.2) is 0 Å². The summed E-state index contributed by atoms with van der Waals surface area (Å²) in [6.45, 7) is 10.2. The van der Waals surface area contributed by atoms with Gasteiger partial charge in [-0.3, -0.25) is 4.79 Å². The molecule has 1 fully saturated rings. The van der Waals surface area contributed by atoms with Crippen LogP contribution in [0.4, 0.5) is 0 Å². The fraction of sp³-hybridized carbons (Fsp3) is 0.632. The molecule has 3 rings (SSSR count). The number of carbonyl (C=O) groups excluding carboxylic acids is 1. The van der Waals surface area contributed by atoms with Gasteiger partial charge in [-0.2, -0.15) is 0 Å². The van der Waals surface area contributed by atoms with Gasteiger partial charge in [0.25, 0.3) is 0 Å². The van der Waals surface area contributed by atoms with Gasteiger partial charge in [-0.25, -0.2) is 0 Å². The van der Waals surface area contributed by atoms with Gasteiger partial charge in [-0.05, 0) is 64.5 Å². The lowest BCUT2D eigenvalue weighted by Gasteiger charge is -2.32. The number of hydrogen-bond acceptors (Lipinski definition) is 1. The van der Waals surface area contributed by atoms with Crippen LogP contribution in [0.1, 0.15) is 56.7 Å². The van der Waals surface area contributed by atoms with E-state index in [1.165, 1.54) is 36.0 Å². The molecule has 2 nitrogen and oxygen atoms in total. The van der Waals surface area contributed by atoms with Crippen molar-refractivity contribution in [2.75, 3.05) is 13.1 Å². The first kappa shape index (κ1) is 14.6. The SMILES string of the molecule is CCN(CC)C(=O)C1(C)CC12CCCc1ccc(C)cc12. The lowest BCUT2D eigenvalue weighted by molar-refractivity contribution is -0.136. The van der Waals surface area contributed by atoms with Crippen LogP contribution in [0.25, 0.3) is 0 Å². The Hall–Kier alpha value is -1.31. The fourth-order valence-electron chi connectivity index (χ4n) is 4.53. The van der Waals surface area contributed by atoms with E-state index in [2.05, 4.69) is 45.9 Å². The summed E-state index contributed by atoms with van der Waals surface area (Å²) in [7, 11) is 0. The predicted octanol–water partition coefficient (Wildman–Crippen LogP) is 3.85. The number of rotatable bonds is 3. The number of hydrogen-bond donors (Lipinski definition) is 0. The second-order valence-corrected chi connectivity index (χ2v) is 7.08. The van der Waals surface area contributed by atoms with Gasteiger partial charge in [0.05, 0.1) is 5.41 Å². The van der Waals surface area contributed by atoms with Crippen molar-refractivity contribution in [3.8, 4) is 0 Å². The van der Waals surface area contributed by atoms with Crippen molar-refractivity contribution in [3.05, 3.63) is 34.9 Å². The highest BCUT2D eigenvalue weighted by molar-refractivity contribution is 5.89. The topological polar surface area (TPSA) is 20.3 Å². The quantitative estimate of drug-likeness (QED) is 0.826. The van der Waals surface area contributed by atoms with Crippen molar-refractivity contribution in [1.29, 1.82) is 0 Å². The monoisotopic (exact) mass is 285 g/mol. The molecule has 1 aromatic rings. The van der Waals surface area contributed by atoms with Crippen LogP contribution < -0.4 is 0 Å². The smallest absolute Gasteiger partial charge is 0.229 e. The van der Waals surface area contributed by atoms with E-state index in [1.807, 2.05) is 4.90 Å². The van der Waals surface area contributed by atoms with E-state index >= 15 is 0 Å². The molecule has 2 aliphatic rings. The number of aryl methyl sites for hydroxylation is 2. The summed E-state index contributed by atoms with van der Waals surface area (Å²) in [5.74, 6) is 0.363. The van der Waals surface area contributed by atoms with E-state index in [0.29, 0.717) is 5.91 Å². The van der Waals surface area contributed by atoms with E-state index in [9.17, 15) is 4.79 Å². The van der Waals surface area contributed by atoms with E-state index in [1.54, 1.807) is 0 Å².